The molecule has 3 aliphatic heterocycles. The lowest BCUT2D eigenvalue weighted by Gasteiger charge is -2.30. The monoisotopic (exact) mass is 299 g/mol. The summed E-state index contributed by atoms with van der Waals surface area (Å²) in [5.41, 5.74) is 2.79. The number of fused-ring (bicyclic) bond motifs is 2. The predicted octanol–water partition coefficient (Wildman–Crippen LogP) is 0.249. The minimum atomic E-state index is -0.116. The van der Waals surface area contributed by atoms with Crippen molar-refractivity contribution in [2.45, 2.75) is 13.0 Å². The molecule has 0 aromatic heterocycles. The van der Waals surface area contributed by atoms with Crippen molar-refractivity contribution < 1.29 is 9.59 Å². The maximum Gasteiger partial charge on any atom is 0.234 e. The highest BCUT2D eigenvalue weighted by Gasteiger charge is 2.49. The minimum Gasteiger partial charge on any atom is -0.315 e. The van der Waals surface area contributed by atoms with Gasteiger partial charge in [-0.15, -0.1) is 0 Å². The number of amides is 2. The second-order valence-corrected chi connectivity index (χ2v) is 6.49. The first kappa shape index (κ1) is 13.9. The summed E-state index contributed by atoms with van der Waals surface area (Å²) in [7, 11) is 0. The molecule has 0 aliphatic carbocycles. The van der Waals surface area contributed by atoms with Crippen LogP contribution in [0.2, 0.25) is 0 Å². The summed E-state index contributed by atoms with van der Waals surface area (Å²) in [6.45, 7) is 4.54. The average Bonchev–Trinajstić information content (AvgIpc) is 3.11. The van der Waals surface area contributed by atoms with Gasteiger partial charge in [-0.25, -0.2) is 0 Å². The SMILES string of the molecule is O=C1C2CNCC2C(=O)N1CCN1CCc2ccccc2C1. The number of benzene rings is 1. The smallest absolute Gasteiger partial charge is 0.234 e. The van der Waals surface area contributed by atoms with Crippen LogP contribution in [0.25, 0.3) is 0 Å². The third-order valence-corrected chi connectivity index (χ3v) is 5.23. The molecule has 2 atom stereocenters. The maximum absolute atomic E-state index is 12.3. The standard InChI is InChI=1S/C17H21N3O2/c21-16-14-9-18-10-15(14)17(22)20(16)8-7-19-6-5-12-3-1-2-4-13(12)11-19/h1-4,14-15,18H,5-11H2. The molecule has 0 radical (unpaired) electrons. The van der Waals surface area contributed by atoms with Gasteiger partial charge >= 0.3 is 0 Å². The van der Waals surface area contributed by atoms with E-state index < -0.39 is 0 Å². The normalized spacial score (nSPS) is 28.1. The first-order chi connectivity index (χ1) is 10.7. The predicted molar refractivity (Wildman–Crippen MR) is 82.0 cm³/mol. The molecular formula is C17H21N3O2. The molecule has 2 unspecified atom stereocenters. The fourth-order valence-corrected chi connectivity index (χ4v) is 3.91. The molecule has 4 rings (SSSR count). The Hall–Kier alpha value is -1.72. The molecule has 22 heavy (non-hydrogen) atoms. The number of likely N-dealkylation sites (tertiary alicyclic amines) is 1. The van der Waals surface area contributed by atoms with Gasteiger partial charge in [-0.3, -0.25) is 19.4 Å². The van der Waals surface area contributed by atoms with Crippen LogP contribution < -0.4 is 5.32 Å². The van der Waals surface area contributed by atoms with Crippen LogP contribution in [0.5, 0.6) is 0 Å². The van der Waals surface area contributed by atoms with E-state index in [1.807, 2.05) is 0 Å². The van der Waals surface area contributed by atoms with Gasteiger partial charge in [0.05, 0.1) is 11.8 Å². The van der Waals surface area contributed by atoms with E-state index in [-0.39, 0.29) is 23.7 Å². The third kappa shape index (κ3) is 2.25. The summed E-state index contributed by atoms with van der Waals surface area (Å²) in [6.07, 6.45) is 1.05. The quantitative estimate of drug-likeness (QED) is 0.813. The zero-order valence-corrected chi connectivity index (χ0v) is 12.6. The highest BCUT2D eigenvalue weighted by molar-refractivity contribution is 6.05. The van der Waals surface area contributed by atoms with E-state index in [1.54, 1.807) is 0 Å². The van der Waals surface area contributed by atoms with Crippen molar-refractivity contribution in [1.82, 2.24) is 15.1 Å². The Kier molecular flexibility index (Phi) is 3.47. The molecule has 2 saturated heterocycles. The van der Waals surface area contributed by atoms with Gasteiger partial charge in [-0.1, -0.05) is 24.3 Å². The van der Waals surface area contributed by atoms with Crippen molar-refractivity contribution >= 4 is 11.8 Å². The first-order valence-corrected chi connectivity index (χ1v) is 8.09. The largest absolute Gasteiger partial charge is 0.315 e. The van der Waals surface area contributed by atoms with Crippen LogP contribution in [0.4, 0.5) is 0 Å². The van der Waals surface area contributed by atoms with Gasteiger partial charge in [-0.2, -0.15) is 0 Å². The topological polar surface area (TPSA) is 52.7 Å². The van der Waals surface area contributed by atoms with Crippen LogP contribution >= 0.6 is 0 Å². The van der Waals surface area contributed by atoms with Crippen molar-refractivity contribution in [1.29, 1.82) is 0 Å². The molecule has 3 aliphatic rings. The first-order valence-electron chi connectivity index (χ1n) is 8.09. The average molecular weight is 299 g/mol. The lowest BCUT2D eigenvalue weighted by Crippen LogP contribution is -2.42. The van der Waals surface area contributed by atoms with Gasteiger partial charge in [0.1, 0.15) is 0 Å². The number of hydrogen-bond donors (Lipinski definition) is 1. The number of hydrogen-bond acceptors (Lipinski definition) is 4. The van der Waals surface area contributed by atoms with E-state index in [1.165, 1.54) is 16.0 Å². The molecule has 5 heteroatoms. The molecule has 116 valence electrons. The van der Waals surface area contributed by atoms with E-state index >= 15 is 0 Å². The summed E-state index contributed by atoms with van der Waals surface area (Å²) >= 11 is 0. The Balaban J connectivity index is 1.38. The molecule has 0 spiro atoms. The zero-order chi connectivity index (χ0) is 15.1. The highest BCUT2D eigenvalue weighted by atomic mass is 16.2. The van der Waals surface area contributed by atoms with Gasteiger partial charge in [0.15, 0.2) is 0 Å². The molecular weight excluding hydrogens is 278 g/mol. The summed E-state index contributed by atoms with van der Waals surface area (Å²) in [4.78, 5) is 28.5. The molecule has 1 aromatic carbocycles. The van der Waals surface area contributed by atoms with Gasteiger partial charge in [0, 0.05) is 39.3 Å². The molecule has 0 saturated carbocycles. The van der Waals surface area contributed by atoms with Gasteiger partial charge in [0.25, 0.3) is 0 Å². The van der Waals surface area contributed by atoms with Crippen LogP contribution in [0, 0.1) is 11.8 Å². The molecule has 2 fully saturated rings. The maximum atomic E-state index is 12.3. The van der Waals surface area contributed by atoms with Gasteiger partial charge in [-0.05, 0) is 17.5 Å². The molecule has 5 nitrogen and oxygen atoms in total. The van der Waals surface area contributed by atoms with Crippen molar-refractivity contribution in [3.63, 3.8) is 0 Å². The Morgan fingerprint density at radius 3 is 2.41 bits per heavy atom. The summed E-state index contributed by atoms with van der Waals surface area (Å²) < 4.78 is 0. The number of imide groups is 1. The number of rotatable bonds is 3. The summed E-state index contributed by atoms with van der Waals surface area (Å²) in [6, 6.07) is 8.52. The van der Waals surface area contributed by atoms with Crippen molar-refractivity contribution in [2.75, 3.05) is 32.7 Å². The molecule has 3 heterocycles. The van der Waals surface area contributed by atoms with Crippen molar-refractivity contribution in [3.05, 3.63) is 35.4 Å². The molecule has 1 N–H and O–H groups in total. The molecule has 2 amide bonds. The number of carbonyl (C=O) groups is 2. The van der Waals surface area contributed by atoms with Crippen LogP contribution in [0.3, 0.4) is 0 Å². The molecule has 0 bridgehead atoms. The van der Waals surface area contributed by atoms with E-state index in [0.29, 0.717) is 19.6 Å². The van der Waals surface area contributed by atoms with E-state index in [9.17, 15) is 9.59 Å². The van der Waals surface area contributed by atoms with Crippen LogP contribution in [0.1, 0.15) is 11.1 Å². The van der Waals surface area contributed by atoms with Gasteiger partial charge in [0.2, 0.25) is 11.8 Å². The Morgan fingerprint density at radius 1 is 1.00 bits per heavy atom. The van der Waals surface area contributed by atoms with E-state index in [2.05, 4.69) is 34.5 Å². The van der Waals surface area contributed by atoms with Crippen LogP contribution in [0.15, 0.2) is 24.3 Å². The van der Waals surface area contributed by atoms with Crippen molar-refractivity contribution in [3.8, 4) is 0 Å². The second-order valence-electron chi connectivity index (χ2n) is 6.49. The number of nitrogens with zero attached hydrogens (tertiary/aromatic N) is 2. The Labute approximate surface area is 130 Å². The van der Waals surface area contributed by atoms with Gasteiger partial charge < -0.3 is 5.32 Å². The summed E-state index contributed by atoms with van der Waals surface area (Å²) in [5.74, 6) is -0.181. The number of carbonyl (C=O) groups excluding carboxylic acids is 2. The zero-order valence-electron chi connectivity index (χ0n) is 12.6. The van der Waals surface area contributed by atoms with Crippen LogP contribution in [-0.4, -0.2) is 54.3 Å². The van der Waals surface area contributed by atoms with E-state index in [0.717, 1.165) is 26.1 Å². The fraction of sp³-hybridized carbons (Fsp3) is 0.529. The van der Waals surface area contributed by atoms with Crippen LogP contribution in [-0.2, 0) is 22.6 Å². The lowest BCUT2D eigenvalue weighted by atomic mass is 10.00. The van der Waals surface area contributed by atoms with E-state index in [4.69, 9.17) is 0 Å². The van der Waals surface area contributed by atoms with Crippen molar-refractivity contribution in [2.24, 2.45) is 11.8 Å². The Morgan fingerprint density at radius 2 is 1.68 bits per heavy atom. The minimum absolute atomic E-state index is 0.0254. The highest BCUT2D eigenvalue weighted by Crippen LogP contribution is 2.29. The number of nitrogens with one attached hydrogen (secondary N) is 1. The lowest BCUT2D eigenvalue weighted by molar-refractivity contribution is -0.140. The second kappa shape index (κ2) is 5.48. The fourth-order valence-electron chi connectivity index (χ4n) is 3.91. The summed E-state index contributed by atoms with van der Waals surface area (Å²) in [5, 5.41) is 3.14. The third-order valence-electron chi connectivity index (χ3n) is 5.23. The Bertz CT molecular complexity index is 594. The molecule has 1 aromatic rings.